The molecule has 0 saturated heterocycles. The van der Waals surface area contributed by atoms with Gasteiger partial charge in [0.2, 0.25) is 0 Å². The zero-order chi connectivity index (χ0) is 16.8. The highest BCUT2D eigenvalue weighted by atomic mass is 32.2. The van der Waals surface area contributed by atoms with Gasteiger partial charge in [-0.1, -0.05) is 49.0 Å². The summed E-state index contributed by atoms with van der Waals surface area (Å²) in [6, 6.07) is 16.2. The molecular formula is C18H18FN3OS. The summed E-state index contributed by atoms with van der Waals surface area (Å²) in [7, 11) is 0. The Bertz CT molecular complexity index is 792. The van der Waals surface area contributed by atoms with Gasteiger partial charge in [-0.05, 0) is 30.7 Å². The third-order valence-electron chi connectivity index (χ3n) is 3.34. The summed E-state index contributed by atoms with van der Waals surface area (Å²) in [6.45, 7) is 2.27. The summed E-state index contributed by atoms with van der Waals surface area (Å²) in [4.78, 5) is 0. The summed E-state index contributed by atoms with van der Waals surface area (Å²) in [5.41, 5.74) is 0.966. The van der Waals surface area contributed by atoms with Crippen molar-refractivity contribution < 1.29 is 9.13 Å². The lowest BCUT2D eigenvalue weighted by atomic mass is 10.3. The summed E-state index contributed by atoms with van der Waals surface area (Å²) >= 11 is 1.65. The lowest BCUT2D eigenvalue weighted by Gasteiger charge is -2.11. The Kier molecular flexibility index (Phi) is 5.48. The van der Waals surface area contributed by atoms with E-state index in [2.05, 4.69) is 17.1 Å². The smallest absolute Gasteiger partial charge is 0.195 e. The Morgan fingerprint density at radius 2 is 1.79 bits per heavy atom. The van der Waals surface area contributed by atoms with Crippen LogP contribution >= 0.6 is 11.8 Å². The highest BCUT2D eigenvalue weighted by Crippen LogP contribution is 2.24. The van der Waals surface area contributed by atoms with Crippen molar-refractivity contribution in [3.63, 3.8) is 0 Å². The molecule has 0 saturated carbocycles. The predicted octanol–water partition coefficient (Wildman–Crippen LogP) is 4.49. The first kappa shape index (κ1) is 16.5. The van der Waals surface area contributed by atoms with Gasteiger partial charge in [-0.2, -0.15) is 0 Å². The molecule has 0 atom stereocenters. The molecule has 1 heterocycles. The minimum Gasteiger partial charge on any atom is -0.483 e. The van der Waals surface area contributed by atoms with Gasteiger partial charge in [0, 0.05) is 11.4 Å². The Balaban J connectivity index is 1.87. The molecule has 4 nitrogen and oxygen atoms in total. The van der Waals surface area contributed by atoms with Gasteiger partial charge in [-0.25, -0.2) is 4.39 Å². The molecule has 0 aliphatic heterocycles. The number of hydrogen-bond donors (Lipinski definition) is 0. The molecule has 124 valence electrons. The van der Waals surface area contributed by atoms with Crippen LogP contribution < -0.4 is 4.74 Å². The normalized spacial score (nSPS) is 10.8. The number of thioether (sulfide) groups is 1. The number of rotatable bonds is 7. The highest BCUT2D eigenvalue weighted by molar-refractivity contribution is 7.99. The van der Waals surface area contributed by atoms with Gasteiger partial charge in [0.05, 0.1) is 0 Å². The van der Waals surface area contributed by atoms with Crippen molar-refractivity contribution in [1.29, 1.82) is 0 Å². The van der Waals surface area contributed by atoms with Crippen molar-refractivity contribution >= 4 is 11.8 Å². The van der Waals surface area contributed by atoms with Crippen LogP contribution in [-0.4, -0.2) is 20.5 Å². The molecule has 0 aliphatic rings. The van der Waals surface area contributed by atoms with Gasteiger partial charge < -0.3 is 4.74 Å². The van der Waals surface area contributed by atoms with Crippen LogP contribution in [0.3, 0.4) is 0 Å². The Labute approximate surface area is 144 Å². The lowest BCUT2D eigenvalue weighted by Crippen LogP contribution is -2.07. The Hall–Kier alpha value is -2.34. The molecule has 1 aromatic heterocycles. The van der Waals surface area contributed by atoms with E-state index in [1.54, 1.807) is 30.0 Å². The molecular weight excluding hydrogens is 325 g/mol. The summed E-state index contributed by atoms with van der Waals surface area (Å²) < 4.78 is 21.3. The van der Waals surface area contributed by atoms with Crippen LogP contribution in [-0.2, 0) is 6.61 Å². The summed E-state index contributed by atoms with van der Waals surface area (Å²) in [5, 5.41) is 9.32. The van der Waals surface area contributed by atoms with Crippen LogP contribution in [0.5, 0.6) is 5.75 Å². The molecule has 3 rings (SSSR count). The van der Waals surface area contributed by atoms with Crippen molar-refractivity contribution in [1.82, 2.24) is 14.8 Å². The summed E-state index contributed by atoms with van der Waals surface area (Å²) in [6.07, 6.45) is 1.05. The number of para-hydroxylation sites is 2. The molecule has 0 spiro atoms. The van der Waals surface area contributed by atoms with E-state index in [4.69, 9.17) is 4.74 Å². The molecule has 0 fully saturated rings. The molecule has 24 heavy (non-hydrogen) atoms. The van der Waals surface area contributed by atoms with Crippen molar-refractivity contribution in [2.75, 3.05) is 5.75 Å². The fourth-order valence-electron chi connectivity index (χ4n) is 2.22. The number of hydrogen-bond acceptors (Lipinski definition) is 4. The van der Waals surface area contributed by atoms with Crippen LogP contribution in [0.2, 0.25) is 0 Å². The van der Waals surface area contributed by atoms with E-state index < -0.39 is 0 Å². The van der Waals surface area contributed by atoms with E-state index in [1.165, 1.54) is 6.07 Å². The Morgan fingerprint density at radius 1 is 1.04 bits per heavy atom. The molecule has 0 aliphatic carbocycles. The fraction of sp³-hybridized carbons (Fsp3) is 0.222. The fourth-order valence-corrected chi connectivity index (χ4v) is 3.05. The van der Waals surface area contributed by atoms with E-state index in [9.17, 15) is 4.39 Å². The van der Waals surface area contributed by atoms with Gasteiger partial charge in [0.25, 0.3) is 0 Å². The molecule has 0 unspecified atom stereocenters. The first-order chi connectivity index (χ1) is 11.8. The number of ether oxygens (including phenoxy) is 1. The van der Waals surface area contributed by atoms with Crippen LogP contribution in [0.1, 0.15) is 19.2 Å². The maximum Gasteiger partial charge on any atom is 0.195 e. The van der Waals surface area contributed by atoms with E-state index in [1.807, 2.05) is 34.9 Å². The topological polar surface area (TPSA) is 39.9 Å². The maximum atomic E-state index is 13.7. The molecule has 0 bridgehead atoms. The number of nitrogens with zero attached hydrogens (tertiary/aromatic N) is 3. The second kappa shape index (κ2) is 7.97. The number of halogens is 1. The van der Waals surface area contributed by atoms with E-state index in [0.717, 1.165) is 23.0 Å². The van der Waals surface area contributed by atoms with Crippen molar-refractivity contribution in [3.8, 4) is 11.4 Å². The van der Waals surface area contributed by atoms with E-state index in [-0.39, 0.29) is 18.2 Å². The van der Waals surface area contributed by atoms with Gasteiger partial charge in [0.1, 0.15) is 6.61 Å². The second-order valence-electron chi connectivity index (χ2n) is 5.14. The zero-order valence-corrected chi connectivity index (χ0v) is 14.2. The molecule has 6 heteroatoms. The van der Waals surface area contributed by atoms with Crippen LogP contribution in [0, 0.1) is 5.82 Å². The standard InChI is InChI=1S/C18H18FN3OS/c1-2-12-24-18-21-20-17(22(18)14-8-4-3-5-9-14)13-23-16-11-7-6-10-15(16)19/h3-11H,2,12-13H2,1H3. The molecule has 0 radical (unpaired) electrons. The van der Waals surface area contributed by atoms with Gasteiger partial charge in [0.15, 0.2) is 22.5 Å². The predicted molar refractivity (Wildman–Crippen MR) is 93.1 cm³/mol. The first-order valence-electron chi connectivity index (χ1n) is 7.79. The second-order valence-corrected chi connectivity index (χ2v) is 6.20. The van der Waals surface area contributed by atoms with E-state index in [0.29, 0.717) is 5.82 Å². The molecule has 0 N–H and O–H groups in total. The van der Waals surface area contributed by atoms with E-state index >= 15 is 0 Å². The van der Waals surface area contributed by atoms with Crippen LogP contribution in [0.25, 0.3) is 5.69 Å². The molecule has 2 aromatic carbocycles. The minimum absolute atomic E-state index is 0.148. The quantitative estimate of drug-likeness (QED) is 0.593. The first-order valence-corrected chi connectivity index (χ1v) is 8.78. The molecule has 0 amide bonds. The van der Waals surface area contributed by atoms with Crippen LogP contribution in [0.15, 0.2) is 59.8 Å². The van der Waals surface area contributed by atoms with Crippen LogP contribution in [0.4, 0.5) is 4.39 Å². The lowest BCUT2D eigenvalue weighted by molar-refractivity contribution is 0.278. The third kappa shape index (κ3) is 3.76. The van der Waals surface area contributed by atoms with Gasteiger partial charge >= 0.3 is 0 Å². The summed E-state index contributed by atoms with van der Waals surface area (Å²) in [5.74, 6) is 1.42. The molecule has 3 aromatic rings. The largest absolute Gasteiger partial charge is 0.483 e. The number of aromatic nitrogens is 3. The minimum atomic E-state index is -0.385. The van der Waals surface area contributed by atoms with Crippen molar-refractivity contribution in [2.24, 2.45) is 0 Å². The van der Waals surface area contributed by atoms with Crippen molar-refractivity contribution in [2.45, 2.75) is 25.1 Å². The Morgan fingerprint density at radius 3 is 2.54 bits per heavy atom. The zero-order valence-electron chi connectivity index (χ0n) is 13.4. The highest BCUT2D eigenvalue weighted by Gasteiger charge is 2.15. The third-order valence-corrected chi connectivity index (χ3v) is 4.48. The maximum absolute atomic E-state index is 13.7. The SMILES string of the molecule is CCCSc1nnc(COc2ccccc2F)n1-c1ccccc1. The van der Waals surface area contributed by atoms with Gasteiger partial charge in [-0.3, -0.25) is 4.57 Å². The van der Waals surface area contributed by atoms with Gasteiger partial charge in [-0.15, -0.1) is 10.2 Å². The monoisotopic (exact) mass is 343 g/mol. The average Bonchev–Trinajstić information content (AvgIpc) is 3.03. The van der Waals surface area contributed by atoms with Crippen molar-refractivity contribution in [3.05, 3.63) is 66.2 Å². The average molecular weight is 343 g/mol. The number of benzene rings is 2.